The molecule has 8 heteroatoms. The van der Waals surface area contributed by atoms with Crippen LogP contribution < -0.4 is 14.2 Å². The topological polar surface area (TPSA) is 44.8 Å². The number of carbonyl (C=O) groups excluding carboxylic acids is 1. The van der Waals surface area contributed by atoms with Crippen molar-refractivity contribution in [1.29, 1.82) is 0 Å². The standard InChI is InChI=1S/C39H56F4O4/c1-24(2)13-9-14-25(3)15-10-16-26(4)17-11-20-39(8)21-19-30-29(7)36(27(5)28(6)37(30)47-39)45-22-12-18-33(44)46-38-34(42)31(40)23-32(41)35(38)43/h23-26H,9-22H2,1-8H3. The summed E-state index contributed by atoms with van der Waals surface area (Å²) in [6, 6.07) is 0.0624. The summed E-state index contributed by atoms with van der Waals surface area (Å²) in [5.74, 6) is -5.16. The van der Waals surface area contributed by atoms with Crippen LogP contribution in [0.1, 0.15) is 134 Å². The van der Waals surface area contributed by atoms with Gasteiger partial charge in [0.2, 0.25) is 17.4 Å². The molecule has 0 aliphatic carbocycles. The van der Waals surface area contributed by atoms with Crippen molar-refractivity contribution >= 4 is 5.97 Å². The average Bonchev–Trinajstić information content (AvgIpc) is 3.00. The summed E-state index contributed by atoms with van der Waals surface area (Å²) < 4.78 is 71.9. The summed E-state index contributed by atoms with van der Waals surface area (Å²) in [5, 5.41) is 0. The molecule has 0 saturated carbocycles. The van der Waals surface area contributed by atoms with Crippen LogP contribution in [0.4, 0.5) is 17.6 Å². The van der Waals surface area contributed by atoms with Gasteiger partial charge in [0, 0.05) is 18.1 Å². The first-order valence-electron chi connectivity index (χ1n) is 17.6. The SMILES string of the molecule is Cc1c(C)c2c(c(C)c1OCCCC(=O)Oc1c(F)c(F)cc(F)c1F)CCC(C)(CCCC(C)CCCC(C)CCCC(C)C)O2. The molecule has 0 bridgehead atoms. The molecule has 3 unspecified atom stereocenters. The van der Waals surface area contributed by atoms with Gasteiger partial charge in [-0.25, -0.2) is 8.78 Å². The van der Waals surface area contributed by atoms with E-state index in [-0.39, 0.29) is 31.1 Å². The Bertz CT molecular complexity index is 1330. The minimum absolute atomic E-state index is 0.0624. The summed E-state index contributed by atoms with van der Waals surface area (Å²) in [6.45, 7) is 17.8. The first-order chi connectivity index (χ1) is 22.1. The van der Waals surface area contributed by atoms with E-state index < -0.39 is 35.0 Å². The highest BCUT2D eigenvalue weighted by atomic mass is 19.2. The molecular weight excluding hydrogens is 608 g/mol. The Hall–Kier alpha value is -2.77. The summed E-state index contributed by atoms with van der Waals surface area (Å²) in [7, 11) is 0. The molecular formula is C39H56F4O4. The van der Waals surface area contributed by atoms with Crippen molar-refractivity contribution in [1.82, 2.24) is 0 Å². The van der Waals surface area contributed by atoms with Crippen LogP contribution in [0.3, 0.4) is 0 Å². The second-order valence-corrected chi connectivity index (χ2v) is 14.6. The second-order valence-electron chi connectivity index (χ2n) is 14.6. The van der Waals surface area contributed by atoms with Gasteiger partial charge in [-0.05, 0) is 94.2 Å². The van der Waals surface area contributed by atoms with Gasteiger partial charge in [-0.2, -0.15) is 8.78 Å². The fraction of sp³-hybridized carbons (Fsp3) is 0.667. The number of rotatable bonds is 18. The van der Waals surface area contributed by atoms with Crippen LogP contribution in [-0.4, -0.2) is 18.2 Å². The van der Waals surface area contributed by atoms with E-state index in [9.17, 15) is 22.4 Å². The van der Waals surface area contributed by atoms with Gasteiger partial charge in [0.05, 0.1) is 6.61 Å². The predicted octanol–water partition coefficient (Wildman–Crippen LogP) is 11.5. The van der Waals surface area contributed by atoms with Crippen molar-refractivity contribution in [3.05, 3.63) is 51.6 Å². The lowest BCUT2D eigenvalue weighted by Crippen LogP contribution is -2.37. The van der Waals surface area contributed by atoms with Crippen LogP contribution in [0.25, 0.3) is 0 Å². The quantitative estimate of drug-likeness (QED) is 0.0523. The molecule has 3 atom stereocenters. The van der Waals surface area contributed by atoms with Crippen molar-refractivity contribution in [3.63, 3.8) is 0 Å². The highest BCUT2D eigenvalue weighted by Gasteiger charge is 2.34. The summed E-state index contributed by atoms with van der Waals surface area (Å²) in [6.07, 6.45) is 13.1. The largest absolute Gasteiger partial charge is 0.493 e. The molecule has 47 heavy (non-hydrogen) atoms. The van der Waals surface area contributed by atoms with E-state index in [0.29, 0.717) is 0 Å². The van der Waals surface area contributed by atoms with E-state index in [2.05, 4.69) is 39.4 Å². The number of benzene rings is 2. The van der Waals surface area contributed by atoms with E-state index in [1.165, 1.54) is 44.9 Å². The van der Waals surface area contributed by atoms with Crippen LogP contribution in [0.5, 0.6) is 17.2 Å². The third-order valence-corrected chi connectivity index (χ3v) is 9.90. The molecule has 1 aliphatic rings. The van der Waals surface area contributed by atoms with Gasteiger partial charge < -0.3 is 14.2 Å². The van der Waals surface area contributed by atoms with Gasteiger partial charge >= 0.3 is 5.97 Å². The van der Waals surface area contributed by atoms with Crippen LogP contribution in [0.15, 0.2) is 6.07 Å². The fourth-order valence-electron chi connectivity index (χ4n) is 6.67. The van der Waals surface area contributed by atoms with Crippen LogP contribution in [0, 0.1) is 61.8 Å². The molecule has 0 spiro atoms. The van der Waals surface area contributed by atoms with Crippen LogP contribution in [0.2, 0.25) is 0 Å². The Morgan fingerprint density at radius 2 is 1.38 bits per heavy atom. The highest BCUT2D eigenvalue weighted by molar-refractivity contribution is 5.72. The molecule has 3 rings (SSSR count). The van der Waals surface area contributed by atoms with Crippen molar-refractivity contribution < 1.29 is 36.6 Å². The zero-order valence-corrected chi connectivity index (χ0v) is 29.9. The Kier molecular flexibility index (Phi) is 14.5. The fourth-order valence-corrected chi connectivity index (χ4v) is 6.67. The van der Waals surface area contributed by atoms with Crippen molar-refractivity contribution in [2.45, 2.75) is 144 Å². The van der Waals surface area contributed by atoms with Gasteiger partial charge in [0.1, 0.15) is 17.1 Å². The number of esters is 1. The number of ether oxygens (including phenoxy) is 3. The Morgan fingerprint density at radius 1 is 0.809 bits per heavy atom. The molecule has 0 N–H and O–H groups in total. The van der Waals surface area contributed by atoms with E-state index in [1.807, 2.05) is 20.8 Å². The number of hydrogen-bond acceptors (Lipinski definition) is 4. The van der Waals surface area contributed by atoms with Gasteiger partial charge in [-0.1, -0.05) is 72.6 Å². The van der Waals surface area contributed by atoms with Crippen LogP contribution in [-0.2, 0) is 11.2 Å². The van der Waals surface area contributed by atoms with Crippen molar-refractivity contribution in [3.8, 4) is 17.2 Å². The Labute approximate surface area is 280 Å². The van der Waals surface area contributed by atoms with E-state index in [1.54, 1.807) is 0 Å². The number of hydrogen-bond donors (Lipinski definition) is 0. The minimum Gasteiger partial charge on any atom is -0.493 e. The predicted molar refractivity (Wildman–Crippen MR) is 179 cm³/mol. The lowest BCUT2D eigenvalue weighted by molar-refractivity contribution is -0.135. The molecule has 0 radical (unpaired) electrons. The lowest BCUT2D eigenvalue weighted by atomic mass is 9.83. The number of halogens is 4. The summed E-state index contributed by atoms with van der Waals surface area (Å²) >= 11 is 0. The molecule has 0 saturated heterocycles. The maximum absolute atomic E-state index is 13.8. The first-order valence-corrected chi connectivity index (χ1v) is 17.6. The van der Waals surface area contributed by atoms with E-state index in [4.69, 9.17) is 9.47 Å². The zero-order chi connectivity index (χ0) is 34.9. The van der Waals surface area contributed by atoms with Gasteiger partial charge in [-0.15, -0.1) is 0 Å². The third-order valence-electron chi connectivity index (χ3n) is 9.90. The van der Waals surface area contributed by atoms with Crippen molar-refractivity contribution in [2.24, 2.45) is 17.8 Å². The molecule has 264 valence electrons. The van der Waals surface area contributed by atoms with Gasteiger partial charge in [0.15, 0.2) is 11.6 Å². The molecule has 2 aromatic carbocycles. The maximum atomic E-state index is 13.8. The Morgan fingerprint density at radius 3 is 1.98 bits per heavy atom. The molecule has 0 fully saturated rings. The van der Waals surface area contributed by atoms with E-state index in [0.717, 1.165) is 77.2 Å². The van der Waals surface area contributed by atoms with Gasteiger partial charge in [0.25, 0.3) is 0 Å². The average molecular weight is 665 g/mol. The number of carbonyl (C=O) groups is 1. The summed E-state index contributed by atoms with van der Waals surface area (Å²) in [5.41, 5.74) is 3.91. The lowest BCUT2D eigenvalue weighted by Gasteiger charge is -2.38. The second kappa shape index (κ2) is 17.6. The first kappa shape index (κ1) is 38.7. The molecule has 0 amide bonds. The Balaban J connectivity index is 1.47. The third kappa shape index (κ3) is 10.9. The smallest absolute Gasteiger partial charge is 0.311 e. The minimum atomic E-state index is -1.75. The molecule has 2 aromatic rings. The monoisotopic (exact) mass is 664 g/mol. The molecule has 4 nitrogen and oxygen atoms in total. The molecule has 1 aliphatic heterocycles. The normalized spacial score (nSPS) is 17.3. The number of fused-ring (bicyclic) bond motifs is 1. The highest BCUT2D eigenvalue weighted by Crippen LogP contribution is 2.45. The van der Waals surface area contributed by atoms with E-state index >= 15 is 0 Å². The molecule has 0 aromatic heterocycles. The maximum Gasteiger partial charge on any atom is 0.311 e. The zero-order valence-electron chi connectivity index (χ0n) is 29.9. The van der Waals surface area contributed by atoms with Gasteiger partial charge in [-0.3, -0.25) is 4.79 Å². The summed E-state index contributed by atoms with van der Waals surface area (Å²) in [4.78, 5) is 12.2. The van der Waals surface area contributed by atoms with Crippen molar-refractivity contribution in [2.75, 3.05) is 6.61 Å². The van der Waals surface area contributed by atoms with Crippen LogP contribution >= 0.6 is 0 Å². The molecule has 1 heterocycles.